The molecule has 0 unspecified atom stereocenters. The van der Waals surface area contributed by atoms with E-state index in [2.05, 4.69) is 9.97 Å². The van der Waals surface area contributed by atoms with Gasteiger partial charge in [0.1, 0.15) is 17.8 Å². The third-order valence-corrected chi connectivity index (χ3v) is 3.41. The number of para-hydroxylation sites is 2. The van der Waals surface area contributed by atoms with Gasteiger partial charge in [-0.2, -0.15) is 0 Å². The molecule has 0 saturated heterocycles. The number of nitrogens with zero attached hydrogens (tertiary/aromatic N) is 2. The predicted octanol–water partition coefficient (Wildman–Crippen LogP) is 4.50. The summed E-state index contributed by atoms with van der Waals surface area (Å²) in [6.45, 7) is 0. The number of hydrogen-bond donors (Lipinski definition) is 2. The van der Waals surface area contributed by atoms with Gasteiger partial charge in [-0.05, 0) is 36.4 Å². The number of aromatic hydroxyl groups is 2. The molecule has 0 aliphatic rings. The normalized spacial score (nSPS) is 9.92. The molecule has 0 bridgehead atoms. The van der Waals surface area contributed by atoms with E-state index < -0.39 is 0 Å². The second-order valence-corrected chi connectivity index (χ2v) is 5.09. The fourth-order valence-corrected chi connectivity index (χ4v) is 2.22. The van der Waals surface area contributed by atoms with E-state index in [4.69, 9.17) is 4.42 Å². The van der Waals surface area contributed by atoms with Crippen LogP contribution in [-0.4, -0.2) is 20.2 Å². The van der Waals surface area contributed by atoms with Crippen molar-refractivity contribution in [3.05, 3.63) is 85.4 Å². The van der Waals surface area contributed by atoms with Gasteiger partial charge in [0.2, 0.25) is 5.89 Å². The Morgan fingerprint density at radius 1 is 0.640 bits per heavy atom. The van der Waals surface area contributed by atoms with Crippen molar-refractivity contribution in [2.45, 2.75) is 0 Å². The van der Waals surface area contributed by atoms with Crippen molar-refractivity contribution in [1.29, 1.82) is 0 Å². The summed E-state index contributed by atoms with van der Waals surface area (Å²) in [5, 5.41) is 18.9. The Bertz CT molecular complexity index is 923. The Kier molecular flexibility index (Phi) is 5.07. The molecule has 0 fully saturated rings. The molecule has 0 atom stereocenters. The zero-order chi connectivity index (χ0) is 17.5. The minimum absolute atomic E-state index is 0.181. The minimum Gasteiger partial charge on any atom is -0.507 e. The lowest BCUT2D eigenvalue weighted by atomic mass is 10.1. The molecule has 0 spiro atoms. The van der Waals surface area contributed by atoms with Crippen LogP contribution in [0, 0.1) is 0 Å². The van der Waals surface area contributed by atoms with Crippen molar-refractivity contribution >= 4 is 0 Å². The average molecular weight is 332 g/mol. The minimum atomic E-state index is 0.181. The summed E-state index contributed by atoms with van der Waals surface area (Å²) in [7, 11) is 0. The van der Waals surface area contributed by atoms with E-state index in [1.54, 1.807) is 42.7 Å². The summed E-state index contributed by atoms with van der Waals surface area (Å²) in [5.41, 5.74) is 2.17. The first kappa shape index (κ1) is 16.3. The largest absolute Gasteiger partial charge is 0.507 e. The van der Waals surface area contributed by atoms with Gasteiger partial charge < -0.3 is 14.6 Å². The fourth-order valence-electron chi connectivity index (χ4n) is 2.22. The maximum atomic E-state index is 9.52. The lowest BCUT2D eigenvalue weighted by Crippen LogP contribution is -1.81. The molecule has 2 heterocycles. The van der Waals surface area contributed by atoms with Crippen LogP contribution in [0.25, 0.3) is 22.7 Å². The number of pyridine rings is 1. The molecule has 5 heteroatoms. The van der Waals surface area contributed by atoms with Crippen molar-refractivity contribution < 1.29 is 14.6 Å². The highest BCUT2D eigenvalue weighted by atomic mass is 16.3. The van der Waals surface area contributed by atoms with Crippen LogP contribution in [0.15, 0.2) is 89.8 Å². The van der Waals surface area contributed by atoms with E-state index in [1.807, 2.05) is 36.4 Å². The molecule has 0 aliphatic heterocycles. The standard InChI is InChI=1S/C11H9NO.C9H7NO2/c13-11-7-2-1-5-9(11)10-6-3-4-8-12-10;11-8-4-2-1-3-7(8)9-10-5-6-12-9/h1-8,13H;1-6,11H. The Morgan fingerprint density at radius 3 is 1.84 bits per heavy atom. The van der Waals surface area contributed by atoms with E-state index >= 15 is 0 Å². The molecule has 2 N–H and O–H groups in total. The van der Waals surface area contributed by atoms with E-state index in [0.717, 1.165) is 11.3 Å². The second-order valence-electron chi connectivity index (χ2n) is 5.09. The molecule has 2 aromatic carbocycles. The maximum absolute atomic E-state index is 9.52. The second kappa shape index (κ2) is 7.79. The summed E-state index contributed by atoms with van der Waals surface area (Å²) in [6.07, 6.45) is 4.73. The molecule has 0 amide bonds. The third-order valence-electron chi connectivity index (χ3n) is 3.41. The fraction of sp³-hybridized carbons (Fsp3) is 0. The Morgan fingerprint density at radius 2 is 1.28 bits per heavy atom. The number of hydrogen-bond acceptors (Lipinski definition) is 5. The van der Waals surface area contributed by atoms with Crippen LogP contribution in [0.3, 0.4) is 0 Å². The van der Waals surface area contributed by atoms with Crippen LogP contribution >= 0.6 is 0 Å². The summed E-state index contributed by atoms with van der Waals surface area (Å²) < 4.78 is 5.03. The first-order chi connectivity index (χ1) is 12.3. The molecule has 4 rings (SSSR count). The monoisotopic (exact) mass is 332 g/mol. The Hall–Kier alpha value is -3.60. The Labute approximate surface area is 144 Å². The maximum Gasteiger partial charge on any atom is 0.229 e. The number of oxazole rings is 1. The van der Waals surface area contributed by atoms with Gasteiger partial charge in [0, 0.05) is 11.8 Å². The van der Waals surface area contributed by atoms with Crippen LogP contribution in [0.1, 0.15) is 0 Å². The molecule has 2 aromatic heterocycles. The molecule has 0 saturated carbocycles. The van der Waals surface area contributed by atoms with Crippen LogP contribution in [0.4, 0.5) is 0 Å². The molecule has 4 aromatic rings. The van der Waals surface area contributed by atoms with Gasteiger partial charge in [-0.1, -0.05) is 30.3 Å². The van der Waals surface area contributed by atoms with Crippen molar-refractivity contribution in [1.82, 2.24) is 9.97 Å². The van der Waals surface area contributed by atoms with Gasteiger partial charge >= 0.3 is 0 Å². The Balaban J connectivity index is 0.000000146. The highest BCUT2D eigenvalue weighted by molar-refractivity contribution is 5.66. The summed E-state index contributed by atoms with van der Waals surface area (Å²) >= 11 is 0. The highest BCUT2D eigenvalue weighted by Gasteiger charge is 2.05. The van der Waals surface area contributed by atoms with Gasteiger partial charge in [0.05, 0.1) is 17.5 Å². The lowest BCUT2D eigenvalue weighted by molar-refractivity contribution is 0.472. The smallest absolute Gasteiger partial charge is 0.229 e. The van der Waals surface area contributed by atoms with Crippen molar-refractivity contribution in [2.75, 3.05) is 0 Å². The number of rotatable bonds is 2. The van der Waals surface area contributed by atoms with Crippen LogP contribution in [0.5, 0.6) is 11.5 Å². The van der Waals surface area contributed by atoms with Crippen molar-refractivity contribution in [3.8, 4) is 34.2 Å². The van der Waals surface area contributed by atoms with E-state index in [9.17, 15) is 10.2 Å². The third kappa shape index (κ3) is 4.03. The number of phenolic OH excluding ortho intramolecular Hbond substituents is 2. The van der Waals surface area contributed by atoms with Gasteiger partial charge in [-0.15, -0.1) is 0 Å². The summed E-state index contributed by atoms with van der Waals surface area (Å²) in [5.74, 6) is 0.884. The van der Waals surface area contributed by atoms with E-state index in [0.29, 0.717) is 11.5 Å². The number of phenols is 2. The van der Waals surface area contributed by atoms with Gasteiger partial charge in [0.25, 0.3) is 0 Å². The lowest BCUT2D eigenvalue weighted by Gasteiger charge is -2.01. The summed E-state index contributed by atoms with van der Waals surface area (Å²) in [6, 6.07) is 19.7. The zero-order valence-corrected chi connectivity index (χ0v) is 13.3. The first-order valence-corrected chi connectivity index (χ1v) is 7.63. The molecule has 124 valence electrons. The van der Waals surface area contributed by atoms with Crippen molar-refractivity contribution in [2.24, 2.45) is 0 Å². The molecule has 25 heavy (non-hydrogen) atoms. The zero-order valence-electron chi connectivity index (χ0n) is 13.3. The summed E-state index contributed by atoms with van der Waals surface area (Å²) in [4.78, 5) is 8.07. The van der Waals surface area contributed by atoms with Crippen molar-refractivity contribution in [3.63, 3.8) is 0 Å². The van der Waals surface area contributed by atoms with Gasteiger partial charge in [-0.3, -0.25) is 4.98 Å². The number of aromatic nitrogens is 2. The van der Waals surface area contributed by atoms with Crippen LogP contribution < -0.4 is 0 Å². The molecule has 5 nitrogen and oxygen atoms in total. The highest BCUT2D eigenvalue weighted by Crippen LogP contribution is 2.27. The SMILES string of the molecule is Oc1ccccc1-c1ccccn1.Oc1ccccc1-c1ncco1. The topological polar surface area (TPSA) is 79.4 Å². The predicted molar refractivity (Wildman–Crippen MR) is 94.9 cm³/mol. The van der Waals surface area contributed by atoms with E-state index in [1.165, 1.54) is 6.26 Å². The van der Waals surface area contributed by atoms with Gasteiger partial charge in [0.15, 0.2) is 0 Å². The molecule has 0 radical (unpaired) electrons. The first-order valence-electron chi connectivity index (χ1n) is 7.63. The van der Waals surface area contributed by atoms with Crippen LogP contribution in [-0.2, 0) is 0 Å². The van der Waals surface area contributed by atoms with E-state index in [-0.39, 0.29) is 11.5 Å². The van der Waals surface area contributed by atoms with Gasteiger partial charge in [-0.25, -0.2) is 4.98 Å². The molecular weight excluding hydrogens is 316 g/mol. The molecule has 0 aliphatic carbocycles. The van der Waals surface area contributed by atoms with Crippen LogP contribution in [0.2, 0.25) is 0 Å². The number of benzene rings is 2. The quantitative estimate of drug-likeness (QED) is 0.565. The average Bonchev–Trinajstić information content (AvgIpc) is 3.18. The molecular formula is C20H16N2O3.